The summed E-state index contributed by atoms with van der Waals surface area (Å²) in [5.74, 6) is 0. The van der Waals surface area contributed by atoms with Crippen LogP contribution in [0.1, 0.15) is 13.8 Å². The van der Waals surface area contributed by atoms with Crippen LogP contribution in [-0.4, -0.2) is 31.3 Å². The first-order valence-electron chi connectivity index (χ1n) is 3.82. The summed E-state index contributed by atoms with van der Waals surface area (Å²) in [6.45, 7) is 5.73. The number of alkyl halides is 1. The summed E-state index contributed by atoms with van der Waals surface area (Å²) in [6, 6.07) is -0.0150. The normalized spacial score (nSPS) is 25.5. The molecule has 0 bridgehead atoms. The molecule has 0 radical (unpaired) electrons. The summed E-state index contributed by atoms with van der Waals surface area (Å²) in [7, 11) is 0. The first kappa shape index (κ1) is 7.95. The monoisotopic (exact) mass is 146 g/mol. The van der Waals surface area contributed by atoms with E-state index in [1.807, 2.05) is 13.8 Å². The molecule has 60 valence electrons. The van der Waals surface area contributed by atoms with Gasteiger partial charge < -0.3 is 10.6 Å². The van der Waals surface area contributed by atoms with Gasteiger partial charge in [-0.3, -0.25) is 0 Å². The minimum Gasteiger partial charge on any atom is -0.311 e. The number of nitrogens with one attached hydrogen (secondary N) is 2. The van der Waals surface area contributed by atoms with Gasteiger partial charge in [0.1, 0.15) is 0 Å². The van der Waals surface area contributed by atoms with Crippen molar-refractivity contribution in [2.75, 3.05) is 19.6 Å². The van der Waals surface area contributed by atoms with Gasteiger partial charge in [0.2, 0.25) is 0 Å². The van der Waals surface area contributed by atoms with Crippen LogP contribution in [0.25, 0.3) is 0 Å². The molecular weight excluding hydrogens is 131 g/mol. The van der Waals surface area contributed by atoms with Gasteiger partial charge in [-0.1, -0.05) is 6.92 Å². The quantitative estimate of drug-likeness (QED) is 0.598. The van der Waals surface area contributed by atoms with Crippen molar-refractivity contribution >= 4 is 0 Å². The molecule has 1 fully saturated rings. The third kappa shape index (κ3) is 1.30. The maximum absolute atomic E-state index is 13.4. The Morgan fingerprint density at radius 2 is 2.30 bits per heavy atom. The Hall–Kier alpha value is -0.150. The van der Waals surface area contributed by atoms with E-state index in [1.54, 1.807) is 0 Å². The molecule has 0 saturated carbocycles. The highest BCUT2D eigenvalue weighted by Crippen LogP contribution is 2.20. The van der Waals surface area contributed by atoms with Gasteiger partial charge >= 0.3 is 0 Å². The summed E-state index contributed by atoms with van der Waals surface area (Å²) in [5.41, 5.74) is -0.990. The van der Waals surface area contributed by atoms with Crippen LogP contribution in [0.3, 0.4) is 0 Å². The Morgan fingerprint density at radius 3 is 2.60 bits per heavy atom. The minimum atomic E-state index is -0.990. The van der Waals surface area contributed by atoms with Crippen LogP contribution in [0.15, 0.2) is 0 Å². The van der Waals surface area contributed by atoms with Gasteiger partial charge in [-0.25, -0.2) is 4.39 Å². The predicted molar refractivity (Wildman–Crippen MR) is 39.8 cm³/mol. The van der Waals surface area contributed by atoms with Gasteiger partial charge in [-0.05, 0) is 13.5 Å². The Kier molecular flexibility index (Phi) is 2.26. The molecule has 1 unspecified atom stereocenters. The van der Waals surface area contributed by atoms with Gasteiger partial charge in [0.25, 0.3) is 0 Å². The Labute approximate surface area is 61.2 Å². The topological polar surface area (TPSA) is 24.1 Å². The van der Waals surface area contributed by atoms with Crippen molar-refractivity contribution in [3.63, 3.8) is 0 Å². The van der Waals surface area contributed by atoms with Crippen LogP contribution >= 0.6 is 0 Å². The predicted octanol–water partition coefficient (Wildman–Crippen LogP) is 0.296. The fourth-order valence-electron chi connectivity index (χ4n) is 1.16. The molecule has 0 amide bonds. The lowest BCUT2D eigenvalue weighted by Crippen LogP contribution is -2.65. The Balaban J connectivity index is 2.31. The molecule has 1 saturated heterocycles. The molecule has 1 aliphatic rings. The highest BCUT2D eigenvalue weighted by atomic mass is 19.1. The standard InChI is InChI=1S/C7H15FN2/c1-3-10-6(2)7(8)4-9-5-7/h6,9-10H,3-5H2,1-2H3. The molecule has 0 aliphatic carbocycles. The van der Waals surface area contributed by atoms with Crippen molar-refractivity contribution in [1.82, 2.24) is 10.6 Å². The molecule has 2 N–H and O–H groups in total. The van der Waals surface area contributed by atoms with Crippen LogP contribution < -0.4 is 10.6 Å². The van der Waals surface area contributed by atoms with Crippen LogP contribution in [0, 0.1) is 0 Å². The summed E-state index contributed by atoms with van der Waals surface area (Å²) in [4.78, 5) is 0. The van der Waals surface area contributed by atoms with Crippen molar-refractivity contribution in [3.05, 3.63) is 0 Å². The molecule has 0 aromatic carbocycles. The largest absolute Gasteiger partial charge is 0.311 e. The molecule has 0 aromatic rings. The van der Waals surface area contributed by atoms with Crippen LogP contribution in [-0.2, 0) is 0 Å². The second kappa shape index (κ2) is 2.84. The second-order valence-corrected chi connectivity index (χ2v) is 2.92. The summed E-state index contributed by atoms with van der Waals surface area (Å²) < 4.78 is 13.4. The first-order chi connectivity index (χ1) is 4.69. The SMILES string of the molecule is CCNC(C)C1(F)CNC1. The minimum absolute atomic E-state index is 0.0150. The molecule has 1 aliphatic heterocycles. The van der Waals surface area contributed by atoms with Crippen LogP contribution in [0.4, 0.5) is 4.39 Å². The number of hydrogen-bond donors (Lipinski definition) is 2. The van der Waals surface area contributed by atoms with E-state index < -0.39 is 5.67 Å². The summed E-state index contributed by atoms with van der Waals surface area (Å²) in [6.07, 6.45) is 0. The zero-order valence-corrected chi connectivity index (χ0v) is 6.58. The molecule has 3 heteroatoms. The fourth-order valence-corrected chi connectivity index (χ4v) is 1.16. The van der Waals surface area contributed by atoms with Gasteiger partial charge in [0.05, 0.1) is 0 Å². The van der Waals surface area contributed by atoms with E-state index in [0.717, 1.165) is 6.54 Å². The Morgan fingerprint density at radius 1 is 1.70 bits per heavy atom. The van der Waals surface area contributed by atoms with Crippen molar-refractivity contribution in [1.29, 1.82) is 0 Å². The number of rotatable bonds is 3. The zero-order chi connectivity index (χ0) is 7.61. The smallest absolute Gasteiger partial charge is 0.150 e. The van der Waals surface area contributed by atoms with Gasteiger partial charge in [-0.2, -0.15) is 0 Å². The fraction of sp³-hybridized carbons (Fsp3) is 1.00. The molecule has 1 atom stereocenters. The van der Waals surface area contributed by atoms with E-state index in [4.69, 9.17) is 0 Å². The third-order valence-electron chi connectivity index (χ3n) is 2.12. The van der Waals surface area contributed by atoms with E-state index in [9.17, 15) is 4.39 Å². The Bertz CT molecular complexity index is 112. The lowest BCUT2D eigenvalue weighted by atomic mass is 9.91. The van der Waals surface area contributed by atoms with Crippen LogP contribution in [0.5, 0.6) is 0 Å². The van der Waals surface area contributed by atoms with Crippen molar-refractivity contribution in [2.45, 2.75) is 25.6 Å². The van der Waals surface area contributed by atoms with Crippen LogP contribution in [0.2, 0.25) is 0 Å². The van der Waals surface area contributed by atoms with E-state index >= 15 is 0 Å². The first-order valence-corrected chi connectivity index (χ1v) is 3.82. The van der Waals surface area contributed by atoms with E-state index in [-0.39, 0.29) is 6.04 Å². The van der Waals surface area contributed by atoms with E-state index in [2.05, 4.69) is 10.6 Å². The van der Waals surface area contributed by atoms with Crippen molar-refractivity contribution in [2.24, 2.45) is 0 Å². The lowest BCUT2D eigenvalue weighted by molar-refractivity contribution is 0.0528. The van der Waals surface area contributed by atoms with E-state index in [0.29, 0.717) is 13.1 Å². The van der Waals surface area contributed by atoms with Gasteiger partial charge in [0.15, 0.2) is 5.67 Å². The zero-order valence-electron chi connectivity index (χ0n) is 6.58. The van der Waals surface area contributed by atoms with Gasteiger partial charge in [0, 0.05) is 19.1 Å². The van der Waals surface area contributed by atoms with E-state index in [1.165, 1.54) is 0 Å². The maximum Gasteiger partial charge on any atom is 0.150 e. The maximum atomic E-state index is 13.4. The van der Waals surface area contributed by atoms with Gasteiger partial charge in [-0.15, -0.1) is 0 Å². The molecule has 1 rings (SSSR count). The number of hydrogen-bond acceptors (Lipinski definition) is 2. The average Bonchev–Trinajstić information content (AvgIpc) is 1.83. The molecule has 0 spiro atoms. The third-order valence-corrected chi connectivity index (χ3v) is 2.12. The van der Waals surface area contributed by atoms with Crippen molar-refractivity contribution in [3.8, 4) is 0 Å². The number of halogens is 1. The average molecular weight is 146 g/mol. The highest BCUT2D eigenvalue weighted by Gasteiger charge is 2.41. The summed E-state index contributed by atoms with van der Waals surface area (Å²) in [5, 5.41) is 6.00. The molecule has 10 heavy (non-hydrogen) atoms. The molecule has 0 aromatic heterocycles. The second-order valence-electron chi connectivity index (χ2n) is 2.92. The van der Waals surface area contributed by atoms with Crippen molar-refractivity contribution < 1.29 is 4.39 Å². The lowest BCUT2D eigenvalue weighted by Gasteiger charge is -2.40. The molecule has 2 nitrogen and oxygen atoms in total. The summed E-state index contributed by atoms with van der Waals surface area (Å²) >= 11 is 0. The molecule has 1 heterocycles. The highest BCUT2D eigenvalue weighted by molar-refractivity contribution is 5.00. The molecular formula is C7H15FN2.